The number of carbonyl (C=O) groups is 2. The van der Waals surface area contributed by atoms with Gasteiger partial charge in [0.15, 0.2) is 0 Å². The highest BCUT2D eigenvalue weighted by molar-refractivity contribution is 5.95. The summed E-state index contributed by atoms with van der Waals surface area (Å²) in [6.45, 7) is 0.909. The van der Waals surface area contributed by atoms with Crippen LogP contribution in [-0.2, 0) is 4.79 Å². The first kappa shape index (κ1) is 14.0. The predicted molar refractivity (Wildman–Crippen MR) is 71.7 cm³/mol. The molecule has 1 aromatic heterocycles. The molecular formula is C14H15N3O3. The van der Waals surface area contributed by atoms with E-state index in [4.69, 9.17) is 5.11 Å². The van der Waals surface area contributed by atoms with Gasteiger partial charge in [0.1, 0.15) is 18.8 Å². The van der Waals surface area contributed by atoms with Gasteiger partial charge in [-0.3, -0.25) is 9.59 Å². The Balaban J connectivity index is 2.08. The van der Waals surface area contributed by atoms with Crippen molar-refractivity contribution >= 4 is 11.8 Å². The lowest BCUT2D eigenvalue weighted by atomic mass is 10.2. The van der Waals surface area contributed by atoms with Crippen LogP contribution >= 0.6 is 0 Å². The van der Waals surface area contributed by atoms with Crippen LogP contribution in [0.25, 0.3) is 0 Å². The molecule has 1 saturated heterocycles. The van der Waals surface area contributed by atoms with E-state index in [1.54, 1.807) is 24.1 Å². The average molecular weight is 273 g/mol. The minimum absolute atomic E-state index is 0.0740. The molecule has 104 valence electrons. The van der Waals surface area contributed by atoms with Crippen LogP contribution in [0.2, 0.25) is 0 Å². The number of rotatable bonds is 1. The van der Waals surface area contributed by atoms with Crippen LogP contribution in [0, 0.1) is 11.8 Å². The molecule has 0 aromatic carbocycles. The van der Waals surface area contributed by atoms with Gasteiger partial charge in [0.25, 0.3) is 5.91 Å². The summed E-state index contributed by atoms with van der Waals surface area (Å²) in [7, 11) is 1.72. The Morgan fingerprint density at radius 3 is 2.85 bits per heavy atom. The first-order valence-corrected chi connectivity index (χ1v) is 6.21. The maximum atomic E-state index is 12.2. The first-order chi connectivity index (χ1) is 9.61. The minimum Gasteiger partial charge on any atom is -0.384 e. The summed E-state index contributed by atoms with van der Waals surface area (Å²) in [5, 5.41) is 8.60. The highest BCUT2D eigenvalue weighted by Crippen LogP contribution is 2.07. The Morgan fingerprint density at radius 1 is 1.45 bits per heavy atom. The summed E-state index contributed by atoms with van der Waals surface area (Å²) in [5.74, 6) is 4.88. The van der Waals surface area contributed by atoms with Gasteiger partial charge in [-0.1, -0.05) is 11.8 Å². The summed E-state index contributed by atoms with van der Waals surface area (Å²) in [5.41, 5.74) is 0.918. The summed E-state index contributed by atoms with van der Waals surface area (Å²) < 4.78 is 0. The van der Waals surface area contributed by atoms with Crippen LogP contribution < -0.4 is 0 Å². The number of likely N-dealkylation sites (N-methyl/N-ethyl adjacent to an activating group) is 1. The largest absolute Gasteiger partial charge is 0.384 e. The summed E-state index contributed by atoms with van der Waals surface area (Å²) >= 11 is 0. The third kappa shape index (κ3) is 3.13. The van der Waals surface area contributed by atoms with Gasteiger partial charge in [0.05, 0.1) is 0 Å². The number of nitrogens with zero attached hydrogens (tertiary/aromatic N) is 3. The quantitative estimate of drug-likeness (QED) is 0.689. The summed E-state index contributed by atoms with van der Waals surface area (Å²) in [6, 6.07) is 3.24. The van der Waals surface area contributed by atoms with Crippen molar-refractivity contribution in [3.63, 3.8) is 0 Å². The molecule has 1 aliphatic heterocycles. The van der Waals surface area contributed by atoms with Crippen molar-refractivity contribution in [1.82, 2.24) is 14.8 Å². The van der Waals surface area contributed by atoms with E-state index in [-0.39, 0.29) is 30.7 Å². The van der Waals surface area contributed by atoms with E-state index in [1.807, 2.05) is 0 Å². The molecule has 1 aliphatic rings. The number of hydrogen-bond donors (Lipinski definition) is 1. The number of carbonyl (C=O) groups excluding carboxylic acids is 2. The number of amides is 2. The molecule has 0 atom stereocenters. The number of aliphatic hydroxyl groups is 1. The van der Waals surface area contributed by atoms with Crippen molar-refractivity contribution in [2.75, 3.05) is 33.3 Å². The van der Waals surface area contributed by atoms with Gasteiger partial charge in [-0.2, -0.15) is 0 Å². The topological polar surface area (TPSA) is 73.7 Å². The van der Waals surface area contributed by atoms with Gasteiger partial charge in [-0.25, -0.2) is 4.98 Å². The fraction of sp³-hybridized carbons (Fsp3) is 0.357. The molecule has 1 aromatic rings. The van der Waals surface area contributed by atoms with Crippen LogP contribution in [0.15, 0.2) is 18.3 Å². The van der Waals surface area contributed by atoms with E-state index >= 15 is 0 Å². The normalized spacial score (nSPS) is 14.8. The Hall–Kier alpha value is -2.39. The van der Waals surface area contributed by atoms with Crippen molar-refractivity contribution in [3.8, 4) is 11.8 Å². The Labute approximate surface area is 117 Å². The number of aliphatic hydroxyl groups excluding tert-OH is 1. The maximum Gasteiger partial charge on any atom is 0.272 e. The monoisotopic (exact) mass is 273 g/mol. The second-order valence-electron chi connectivity index (χ2n) is 4.43. The Kier molecular flexibility index (Phi) is 4.33. The van der Waals surface area contributed by atoms with Crippen LogP contribution in [0.4, 0.5) is 0 Å². The molecule has 0 radical (unpaired) electrons. The van der Waals surface area contributed by atoms with E-state index in [2.05, 4.69) is 16.8 Å². The highest BCUT2D eigenvalue weighted by Gasteiger charge is 2.26. The fourth-order valence-electron chi connectivity index (χ4n) is 1.83. The maximum absolute atomic E-state index is 12.2. The third-order valence-electron chi connectivity index (χ3n) is 3.04. The highest BCUT2D eigenvalue weighted by atomic mass is 16.2. The van der Waals surface area contributed by atoms with Crippen molar-refractivity contribution < 1.29 is 14.7 Å². The Morgan fingerprint density at radius 2 is 2.25 bits per heavy atom. The smallest absolute Gasteiger partial charge is 0.272 e. The molecule has 1 N–H and O–H groups in total. The van der Waals surface area contributed by atoms with E-state index < -0.39 is 0 Å². The number of piperazine rings is 1. The second kappa shape index (κ2) is 6.17. The molecule has 6 heteroatoms. The van der Waals surface area contributed by atoms with Gasteiger partial charge in [-0.05, 0) is 12.1 Å². The Bertz CT molecular complexity index is 572. The van der Waals surface area contributed by atoms with Crippen molar-refractivity contribution in [2.24, 2.45) is 0 Å². The van der Waals surface area contributed by atoms with Crippen molar-refractivity contribution in [3.05, 3.63) is 29.6 Å². The van der Waals surface area contributed by atoms with E-state index in [1.165, 1.54) is 11.1 Å². The summed E-state index contributed by atoms with van der Waals surface area (Å²) in [6.07, 6.45) is 1.48. The van der Waals surface area contributed by atoms with E-state index in [0.717, 1.165) is 0 Å². The van der Waals surface area contributed by atoms with E-state index in [9.17, 15) is 9.59 Å². The molecule has 1 fully saturated rings. The number of aromatic nitrogens is 1. The van der Waals surface area contributed by atoms with Crippen LogP contribution in [0.5, 0.6) is 0 Å². The van der Waals surface area contributed by atoms with Crippen LogP contribution in [-0.4, -0.2) is 65.0 Å². The fourth-order valence-corrected chi connectivity index (χ4v) is 1.83. The summed E-state index contributed by atoms with van der Waals surface area (Å²) in [4.78, 5) is 30.9. The lowest BCUT2D eigenvalue weighted by Crippen LogP contribution is -2.50. The molecule has 0 aliphatic carbocycles. The van der Waals surface area contributed by atoms with Crippen molar-refractivity contribution in [1.29, 1.82) is 0 Å². The van der Waals surface area contributed by atoms with Crippen molar-refractivity contribution in [2.45, 2.75) is 0 Å². The van der Waals surface area contributed by atoms with Gasteiger partial charge >= 0.3 is 0 Å². The SMILES string of the molecule is CN1CCN(C(=O)c2ccc(C#CCO)cn2)CC1=O. The predicted octanol–water partition coefficient (Wildman–Crippen LogP) is -0.660. The van der Waals surface area contributed by atoms with Crippen LogP contribution in [0.1, 0.15) is 16.1 Å². The lowest BCUT2D eigenvalue weighted by Gasteiger charge is -2.31. The molecule has 2 rings (SSSR count). The van der Waals surface area contributed by atoms with Gasteiger partial charge in [0.2, 0.25) is 5.91 Å². The standard InChI is InChI=1S/C14H15N3O3/c1-16-6-7-17(10-13(16)19)14(20)12-5-4-11(9-15-12)3-2-8-18/h4-5,9,18H,6-8,10H2,1H3. The zero-order chi connectivity index (χ0) is 14.5. The van der Waals surface area contributed by atoms with Gasteiger partial charge in [0, 0.05) is 31.9 Å². The molecule has 6 nitrogen and oxygen atoms in total. The third-order valence-corrected chi connectivity index (χ3v) is 3.04. The number of pyridine rings is 1. The second-order valence-corrected chi connectivity index (χ2v) is 4.43. The molecule has 0 saturated carbocycles. The molecular weight excluding hydrogens is 258 g/mol. The lowest BCUT2D eigenvalue weighted by molar-refractivity contribution is -0.133. The average Bonchev–Trinajstić information content (AvgIpc) is 2.48. The van der Waals surface area contributed by atoms with E-state index in [0.29, 0.717) is 18.7 Å². The molecule has 2 heterocycles. The first-order valence-electron chi connectivity index (χ1n) is 6.21. The number of hydrogen-bond acceptors (Lipinski definition) is 4. The zero-order valence-corrected chi connectivity index (χ0v) is 11.2. The van der Waals surface area contributed by atoms with Crippen LogP contribution in [0.3, 0.4) is 0 Å². The minimum atomic E-state index is -0.256. The molecule has 20 heavy (non-hydrogen) atoms. The molecule has 2 amide bonds. The molecule has 0 bridgehead atoms. The molecule has 0 spiro atoms. The van der Waals surface area contributed by atoms with Gasteiger partial charge < -0.3 is 14.9 Å². The zero-order valence-electron chi connectivity index (χ0n) is 11.2. The van der Waals surface area contributed by atoms with Gasteiger partial charge in [-0.15, -0.1) is 0 Å². The molecule has 0 unspecified atom stereocenters.